The molecule has 1 heterocycles. The second kappa shape index (κ2) is 7.64. The highest BCUT2D eigenvalue weighted by Gasteiger charge is 2.48. The van der Waals surface area contributed by atoms with E-state index in [1.165, 1.54) is 0 Å². The van der Waals surface area contributed by atoms with Gasteiger partial charge in [0.25, 0.3) is 0 Å². The first-order valence-electron chi connectivity index (χ1n) is 8.48. The zero-order valence-corrected chi connectivity index (χ0v) is 13.9. The van der Waals surface area contributed by atoms with Crippen molar-refractivity contribution in [3.63, 3.8) is 0 Å². The minimum atomic E-state index is -1.48. The van der Waals surface area contributed by atoms with Crippen LogP contribution in [0.1, 0.15) is 17.5 Å². The maximum Gasteiger partial charge on any atom is 0.157 e. The molecule has 0 radical (unpaired) electrons. The first-order chi connectivity index (χ1) is 12.0. The van der Waals surface area contributed by atoms with Gasteiger partial charge in [-0.1, -0.05) is 60.7 Å². The SMILES string of the molecule is O[C@H]1[C@H](O)C[C@@H](O)O[C@@H]1C(O)(Cc1ccccc1)Cc1ccccc1. The molecule has 3 rings (SSSR count). The van der Waals surface area contributed by atoms with Gasteiger partial charge in [-0.2, -0.15) is 0 Å². The van der Waals surface area contributed by atoms with Gasteiger partial charge in [0.1, 0.15) is 17.8 Å². The monoisotopic (exact) mass is 344 g/mol. The van der Waals surface area contributed by atoms with E-state index < -0.39 is 30.2 Å². The van der Waals surface area contributed by atoms with Crippen LogP contribution in [0.5, 0.6) is 0 Å². The highest BCUT2D eigenvalue weighted by molar-refractivity contribution is 5.23. The van der Waals surface area contributed by atoms with Crippen molar-refractivity contribution in [3.8, 4) is 0 Å². The van der Waals surface area contributed by atoms with E-state index in [2.05, 4.69) is 0 Å². The van der Waals surface area contributed by atoms with Crippen molar-refractivity contribution in [2.45, 2.75) is 49.5 Å². The van der Waals surface area contributed by atoms with E-state index in [9.17, 15) is 20.4 Å². The summed E-state index contributed by atoms with van der Waals surface area (Å²) < 4.78 is 5.47. The summed E-state index contributed by atoms with van der Waals surface area (Å²) in [6.07, 6.45) is -4.38. The van der Waals surface area contributed by atoms with E-state index >= 15 is 0 Å². The lowest BCUT2D eigenvalue weighted by molar-refractivity contribution is -0.275. The van der Waals surface area contributed by atoms with Crippen LogP contribution in [0, 0.1) is 0 Å². The first kappa shape index (κ1) is 18.0. The van der Waals surface area contributed by atoms with Gasteiger partial charge >= 0.3 is 0 Å². The maximum atomic E-state index is 11.4. The Kier molecular flexibility index (Phi) is 5.51. The number of aliphatic hydroxyl groups is 4. The van der Waals surface area contributed by atoms with Crippen molar-refractivity contribution in [1.82, 2.24) is 0 Å². The number of rotatable bonds is 5. The van der Waals surface area contributed by atoms with Crippen LogP contribution in [0.15, 0.2) is 60.7 Å². The van der Waals surface area contributed by atoms with Crippen LogP contribution in [0.3, 0.4) is 0 Å². The van der Waals surface area contributed by atoms with Gasteiger partial charge in [0.05, 0.1) is 6.10 Å². The fraction of sp³-hybridized carbons (Fsp3) is 0.400. The number of ether oxygens (including phenoxy) is 1. The molecule has 4 N–H and O–H groups in total. The van der Waals surface area contributed by atoms with Gasteiger partial charge in [-0.05, 0) is 11.1 Å². The van der Waals surface area contributed by atoms with Gasteiger partial charge < -0.3 is 25.2 Å². The molecule has 1 fully saturated rings. The summed E-state index contributed by atoms with van der Waals surface area (Å²) in [5.41, 5.74) is 0.280. The summed E-state index contributed by atoms with van der Waals surface area (Å²) in [4.78, 5) is 0. The van der Waals surface area contributed by atoms with E-state index in [4.69, 9.17) is 4.74 Å². The molecule has 0 aromatic heterocycles. The lowest BCUT2D eigenvalue weighted by atomic mass is 9.79. The summed E-state index contributed by atoms with van der Waals surface area (Å²) in [7, 11) is 0. The third kappa shape index (κ3) is 4.26. The smallest absolute Gasteiger partial charge is 0.157 e. The van der Waals surface area contributed by atoms with E-state index in [1.807, 2.05) is 60.7 Å². The lowest BCUT2D eigenvalue weighted by Crippen LogP contribution is -2.61. The van der Waals surface area contributed by atoms with Crippen LogP contribution in [-0.4, -0.2) is 50.6 Å². The second-order valence-electron chi connectivity index (χ2n) is 6.73. The summed E-state index contributed by atoms with van der Waals surface area (Å²) in [5, 5.41) is 41.7. The Hall–Kier alpha value is -1.76. The molecular formula is C20H24O5. The van der Waals surface area contributed by atoms with Crippen LogP contribution in [0.25, 0.3) is 0 Å². The zero-order chi connectivity index (χ0) is 17.9. The van der Waals surface area contributed by atoms with Crippen molar-refractivity contribution in [3.05, 3.63) is 71.8 Å². The molecule has 5 nitrogen and oxygen atoms in total. The number of hydrogen-bond donors (Lipinski definition) is 4. The quantitative estimate of drug-likeness (QED) is 0.651. The van der Waals surface area contributed by atoms with E-state index in [0.29, 0.717) is 0 Å². The summed E-state index contributed by atoms with van der Waals surface area (Å²) in [6, 6.07) is 18.8. The number of benzene rings is 2. The van der Waals surface area contributed by atoms with Gasteiger partial charge in [0.2, 0.25) is 0 Å². The Morgan fingerprint density at radius 2 is 1.32 bits per heavy atom. The van der Waals surface area contributed by atoms with E-state index in [-0.39, 0.29) is 19.3 Å². The first-order valence-corrected chi connectivity index (χ1v) is 8.48. The highest BCUT2D eigenvalue weighted by Crippen LogP contribution is 2.32. The van der Waals surface area contributed by atoms with Gasteiger partial charge in [0.15, 0.2) is 6.29 Å². The molecule has 2 aromatic rings. The molecule has 0 saturated carbocycles. The van der Waals surface area contributed by atoms with Gasteiger partial charge in [-0.3, -0.25) is 0 Å². The molecule has 4 atom stereocenters. The Morgan fingerprint density at radius 3 is 1.80 bits per heavy atom. The van der Waals surface area contributed by atoms with Crippen molar-refractivity contribution in [1.29, 1.82) is 0 Å². The van der Waals surface area contributed by atoms with Crippen LogP contribution in [0.4, 0.5) is 0 Å². The van der Waals surface area contributed by atoms with Crippen molar-refractivity contribution in [2.24, 2.45) is 0 Å². The summed E-state index contributed by atoms with van der Waals surface area (Å²) >= 11 is 0. The molecule has 1 saturated heterocycles. The van der Waals surface area contributed by atoms with Crippen LogP contribution >= 0.6 is 0 Å². The minimum absolute atomic E-state index is 0.0789. The molecule has 0 spiro atoms. The fourth-order valence-electron chi connectivity index (χ4n) is 3.46. The molecule has 0 bridgehead atoms. The molecule has 1 aliphatic heterocycles. The molecule has 25 heavy (non-hydrogen) atoms. The Morgan fingerprint density at radius 1 is 0.840 bits per heavy atom. The topological polar surface area (TPSA) is 90.2 Å². The Labute approximate surface area is 147 Å². The third-order valence-electron chi connectivity index (χ3n) is 4.69. The molecule has 0 unspecified atom stereocenters. The maximum absolute atomic E-state index is 11.4. The van der Waals surface area contributed by atoms with Gasteiger partial charge in [-0.25, -0.2) is 0 Å². The van der Waals surface area contributed by atoms with E-state index in [0.717, 1.165) is 11.1 Å². The molecule has 2 aromatic carbocycles. The minimum Gasteiger partial charge on any atom is -0.390 e. The molecule has 134 valence electrons. The largest absolute Gasteiger partial charge is 0.390 e. The van der Waals surface area contributed by atoms with Crippen LogP contribution in [-0.2, 0) is 17.6 Å². The Balaban J connectivity index is 1.92. The lowest BCUT2D eigenvalue weighted by Gasteiger charge is -2.44. The normalized spacial score (nSPS) is 27.2. The number of hydrogen-bond acceptors (Lipinski definition) is 5. The summed E-state index contributed by atoms with van der Waals surface area (Å²) in [5.74, 6) is 0. The Bertz CT molecular complexity index is 619. The zero-order valence-electron chi connectivity index (χ0n) is 13.9. The van der Waals surface area contributed by atoms with Crippen LogP contribution < -0.4 is 0 Å². The standard InChI is InChI=1S/C20H24O5/c21-16-11-17(22)25-19(18(16)23)20(24,12-14-7-3-1-4-8-14)13-15-9-5-2-6-10-15/h1-10,16-19,21-24H,11-13H2/t16-,17+,18+,19+/m1/s1. The average Bonchev–Trinajstić information content (AvgIpc) is 2.59. The highest BCUT2D eigenvalue weighted by atomic mass is 16.6. The van der Waals surface area contributed by atoms with Gasteiger partial charge in [-0.15, -0.1) is 0 Å². The predicted molar refractivity (Wildman–Crippen MR) is 92.8 cm³/mol. The van der Waals surface area contributed by atoms with Gasteiger partial charge in [0, 0.05) is 19.3 Å². The predicted octanol–water partition coefficient (Wildman–Crippen LogP) is 1.03. The second-order valence-corrected chi connectivity index (χ2v) is 6.73. The average molecular weight is 344 g/mol. The molecule has 1 aliphatic rings. The van der Waals surface area contributed by atoms with Crippen LogP contribution in [0.2, 0.25) is 0 Å². The van der Waals surface area contributed by atoms with Crippen molar-refractivity contribution >= 4 is 0 Å². The summed E-state index contributed by atoms with van der Waals surface area (Å²) in [6.45, 7) is 0. The fourth-order valence-corrected chi connectivity index (χ4v) is 3.46. The van der Waals surface area contributed by atoms with Crippen molar-refractivity contribution in [2.75, 3.05) is 0 Å². The third-order valence-corrected chi connectivity index (χ3v) is 4.69. The number of aliphatic hydroxyl groups excluding tert-OH is 3. The molecule has 5 heteroatoms. The molecular weight excluding hydrogens is 320 g/mol. The van der Waals surface area contributed by atoms with E-state index in [1.54, 1.807) is 0 Å². The molecule has 0 amide bonds. The van der Waals surface area contributed by atoms with Crippen molar-refractivity contribution < 1.29 is 25.2 Å². The molecule has 0 aliphatic carbocycles.